The minimum Gasteiger partial charge on any atom is -0.494 e. The van der Waals surface area contributed by atoms with Crippen LogP contribution in [0, 0.1) is 0 Å². The summed E-state index contributed by atoms with van der Waals surface area (Å²) in [7, 11) is 3.46. The number of likely N-dealkylation sites (N-methyl/N-ethyl adjacent to an activating group) is 1. The lowest BCUT2D eigenvalue weighted by atomic mass is 10.1. The molecule has 0 aliphatic carbocycles. The Morgan fingerprint density at radius 1 is 1.08 bits per heavy atom. The van der Waals surface area contributed by atoms with Crippen LogP contribution in [0.25, 0.3) is 0 Å². The van der Waals surface area contributed by atoms with E-state index >= 15 is 0 Å². The van der Waals surface area contributed by atoms with Crippen LogP contribution in [-0.4, -0.2) is 37.4 Å². The molecule has 0 fully saturated rings. The van der Waals surface area contributed by atoms with E-state index < -0.39 is 0 Å². The van der Waals surface area contributed by atoms with Gasteiger partial charge in [-0.2, -0.15) is 0 Å². The van der Waals surface area contributed by atoms with Crippen LogP contribution in [0.1, 0.15) is 29.3 Å². The summed E-state index contributed by atoms with van der Waals surface area (Å²) < 4.78 is 5.55. The zero-order valence-corrected chi connectivity index (χ0v) is 14.9. The number of carbonyl (C=O) groups is 2. The molecule has 0 saturated carbocycles. The van der Waals surface area contributed by atoms with Gasteiger partial charge in [-0.05, 0) is 42.3 Å². The molecule has 25 heavy (non-hydrogen) atoms. The number of nitrogens with one attached hydrogen (secondary N) is 1. The van der Waals surface area contributed by atoms with Crippen molar-refractivity contribution in [2.24, 2.45) is 0 Å². The first-order valence-electron chi connectivity index (χ1n) is 8.33. The van der Waals surface area contributed by atoms with Gasteiger partial charge in [0.2, 0.25) is 5.91 Å². The topological polar surface area (TPSA) is 58.6 Å². The molecule has 2 aromatic rings. The van der Waals surface area contributed by atoms with Crippen molar-refractivity contribution in [1.82, 2.24) is 4.90 Å². The van der Waals surface area contributed by atoms with E-state index in [0.717, 1.165) is 12.0 Å². The number of benzene rings is 2. The van der Waals surface area contributed by atoms with E-state index in [1.165, 1.54) is 0 Å². The van der Waals surface area contributed by atoms with Crippen molar-refractivity contribution < 1.29 is 14.3 Å². The maximum Gasteiger partial charge on any atom is 0.255 e. The lowest BCUT2D eigenvalue weighted by Gasteiger charge is -2.11. The van der Waals surface area contributed by atoms with Gasteiger partial charge in [0.1, 0.15) is 5.75 Å². The summed E-state index contributed by atoms with van der Waals surface area (Å²) >= 11 is 0. The van der Waals surface area contributed by atoms with Crippen LogP contribution in [0.4, 0.5) is 5.69 Å². The summed E-state index contributed by atoms with van der Waals surface area (Å²) in [6.07, 6.45) is 1.26. The van der Waals surface area contributed by atoms with E-state index in [-0.39, 0.29) is 11.8 Å². The molecule has 1 N–H and O–H groups in total. The second kappa shape index (κ2) is 8.87. The van der Waals surface area contributed by atoms with Gasteiger partial charge in [-0.3, -0.25) is 9.59 Å². The Balaban J connectivity index is 1.99. The molecule has 132 valence electrons. The fourth-order valence-electron chi connectivity index (χ4n) is 2.19. The van der Waals surface area contributed by atoms with Crippen molar-refractivity contribution in [3.63, 3.8) is 0 Å². The number of rotatable bonds is 7. The molecule has 0 bridgehead atoms. The highest BCUT2D eigenvalue weighted by atomic mass is 16.5. The Kier molecular flexibility index (Phi) is 6.57. The lowest BCUT2D eigenvalue weighted by molar-refractivity contribution is -0.127. The van der Waals surface area contributed by atoms with Gasteiger partial charge in [-0.15, -0.1) is 0 Å². The molecular weight excluding hydrogens is 316 g/mol. The number of anilines is 1. The third-order valence-electron chi connectivity index (χ3n) is 3.64. The van der Waals surface area contributed by atoms with E-state index in [9.17, 15) is 9.59 Å². The van der Waals surface area contributed by atoms with Gasteiger partial charge in [0.15, 0.2) is 0 Å². The van der Waals surface area contributed by atoms with Gasteiger partial charge in [-0.25, -0.2) is 0 Å². The molecule has 2 aromatic carbocycles. The Morgan fingerprint density at radius 3 is 2.44 bits per heavy atom. The second-order valence-electron chi connectivity index (χ2n) is 5.99. The smallest absolute Gasteiger partial charge is 0.255 e. The van der Waals surface area contributed by atoms with Crippen molar-refractivity contribution in [2.45, 2.75) is 19.8 Å². The van der Waals surface area contributed by atoms with Crippen molar-refractivity contribution in [3.05, 3.63) is 59.7 Å². The monoisotopic (exact) mass is 340 g/mol. The minimum atomic E-state index is -0.195. The van der Waals surface area contributed by atoms with Crippen LogP contribution < -0.4 is 10.1 Å². The highest BCUT2D eigenvalue weighted by Crippen LogP contribution is 2.16. The molecule has 0 saturated heterocycles. The normalized spacial score (nSPS) is 10.2. The van der Waals surface area contributed by atoms with Crippen molar-refractivity contribution in [1.29, 1.82) is 0 Å². The molecular formula is C20H24N2O3. The van der Waals surface area contributed by atoms with E-state index in [1.54, 1.807) is 49.3 Å². The predicted octanol–water partition coefficient (Wildman–Crippen LogP) is 3.36. The highest BCUT2D eigenvalue weighted by Gasteiger charge is 2.09. The maximum atomic E-state index is 12.4. The van der Waals surface area contributed by atoms with E-state index in [1.807, 2.05) is 25.1 Å². The minimum absolute atomic E-state index is 0.0423. The molecule has 0 heterocycles. The summed E-state index contributed by atoms with van der Waals surface area (Å²) in [5.74, 6) is 0.534. The molecule has 0 unspecified atom stereocenters. The molecule has 0 spiro atoms. The first-order chi connectivity index (χ1) is 12.0. The van der Waals surface area contributed by atoms with E-state index in [2.05, 4.69) is 5.32 Å². The van der Waals surface area contributed by atoms with Crippen LogP contribution in [-0.2, 0) is 11.2 Å². The SMILES string of the molecule is CCCOc1cccc(C(=O)Nc2ccc(CC(=O)N(C)C)cc2)c1. The number of carbonyl (C=O) groups excluding carboxylic acids is 2. The molecule has 2 amide bonds. The highest BCUT2D eigenvalue weighted by molar-refractivity contribution is 6.04. The number of hydrogen-bond acceptors (Lipinski definition) is 3. The van der Waals surface area contributed by atoms with Crippen LogP contribution in [0.2, 0.25) is 0 Å². The molecule has 0 radical (unpaired) electrons. The molecule has 5 heteroatoms. The first-order valence-corrected chi connectivity index (χ1v) is 8.33. The summed E-state index contributed by atoms with van der Waals surface area (Å²) in [6, 6.07) is 14.4. The number of amides is 2. The largest absolute Gasteiger partial charge is 0.494 e. The molecule has 0 aromatic heterocycles. The molecule has 0 aliphatic heterocycles. The molecule has 2 rings (SSSR count). The lowest BCUT2D eigenvalue weighted by Crippen LogP contribution is -2.23. The van der Waals surface area contributed by atoms with E-state index in [0.29, 0.717) is 30.0 Å². The van der Waals surface area contributed by atoms with Crippen molar-refractivity contribution in [3.8, 4) is 5.75 Å². The fraction of sp³-hybridized carbons (Fsp3) is 0.300. The Morgan fingerprint density at radius 2 is 1.80 bits per heavy atom. The summed E-state index contributed by atoms with van der Waals surface area (Å²) in [4.78, 5) is 25.6. The number of nitrogens with zero attached hydrogens (tertiary/aromatic N) is 1. The fourth-order valence-corrected chi connectivity index (χ4v) is 2.19. The van der Waals surface area contributed by atoms with Crippen LogP contribution in [0.3, 0.4) is 0 Å². The van der Waals surface area contributed by atoms with Crippen LogP contribution in [0.5, 0.6) is 5.75 Å². The quantitative estimate of drug-likeness (QED) is 0.841. The maximum absolute atomic E-state index is 12.4. The van der Waals surface area contributed by atoms with Crippen molar-refractivity contribution >= 4 is 17.5 Å². The Bertz CT molecular complexity index is 724. The third-order valence-corrected chi connectivity index (χ3v) is 3.64. The third kappa shape index (κ3) is 5.64. The number of hydrogen-bond donors (Lipinski definition) is 1. The summed E-state index contributed by atoms with van der Waals surface area (Å²) in [5, 5.41) is 2.85. The Labute approximate surface area is 148 Å². The average molecular weight is 340 g/mol. The zero-order chi connectivity index (χ0) is 18.2. The molecule has 5 nitrogen and oxygen atoms in total. The summed E-state index contributed by atoms with van der Waals surface area (Å²) in [6.45, 7) is 2.66. The van der Waals surface area contributed by atoms with Gasteiger partial charge < -0.3 is 15.0 Å². The van der Waals surface area contributed by atoms with Gasteiger partial charge in [0, 0.05) is 25.3 Å². The predicted molar refractivity (Wildman–Crippen MR) is 99.0 cm³/mol. The Hall–Kier alpha value is -2.82. The summed E-state index contributed by atoms with van der Waals surface area (Å²) in [5.41, 5.74) is 2.14. The number of ether oxygens (including phenoxy) is 1. The second-order valence-corrected chi connectivity index (χ2v) is 5.99. The standard InChI is InChI=1S/C20H24N2O3/c1-4-12-25-18-7-5-6-16(14-18)20(24)21-17-10-8-15(9-11-17)13-19(23)22(2)3/h5-11,14H,4,12-13H2,1-3H3,(H,21,24). The zero-order valence-electron chi connectivity index (χ0n) is 14.9. The average Bonchev–Trinajstić information content (AvgIpc) is 2.61. The van der Waals surface area contributed by atoms with Crippen molar-refractivity contribution in [2.75, 3.05) is 26.0 Å². The van der Waals surface area contributed by atoms with Crippen LogP contribution in [0.15, 0.2) is 48.5 Å². The van der Waals surface area contributed by atoms with Gasteiger partial charge in [0.05, 0.1) is 13.0 Å². The molecule has 0 aliphatic rings. The van der Waals surface area contributed by atoms with E-state index in [4.69, 9.17) is 4.74 Å². The molecule has 0 atom stereocenters. The van der Waals surface area contributed by atoms with Gasteiger partial charge >= 0.3 is 0 Å². The first kappa shape index (κ1) is 18.5. The van der Waals surface area contributed by atoms with Gasteiger partial charge in [-0.1, -0.05) is 25.1 Å². The van der Waals surface area contributed by atoms with Crippen LogP contribution >= 0.6 is 0 Å². The van der Waals surface area contributed by atoms with Gasteiger partial charge in [0.25, 0.3) is 5.91 Å².